The van der Waals surface area contributed by atoms with Gasteiger partial charge in [0.25, 0.3) is 0 Å². The van der Waals surface area contributed by atoms with Crippen LogP contribution in [0.4, 0.5) is 0 Å². The molecule has 0 amide bonds. The molecule has 0 fully saturated rings. The van der Waals surface area contributed by atoms with Crippen LogP contribution in [0.3, 0.4) is 0 Å². The Labute approximate surface area is 64.2 Å². The Hall–Kier alpha value is -0.615. The Bertz CT molecular complexity index is 201. The predicted molar refractivity (Wildman–Crippen MR) is 39.4 cm³/mol. The Morgan fingerprint density at radius 3 is 2.27 bits per heavy atom. The third-order valence-electron chi connectivity index (χ3n) is 1.66. The van der Waals surface area contributed by atoms with Crippen molar-refractivity contribution >= 4 is 7.12 Å². The summed E-state index contributed by atoms with van der Waals surface area (Å²) >= 11 is 0. The van der Waals surface area contributed by atoms with Gasteiger partial charge < -0.3 is 20.3 Å². The zero-order chi connectivity index (χ0) is 8.48. The van der Waals surface area contributed by atoms with E-state index in [4.69, 9.17) is 15.2 Å². The fraction of sp³-hybridized carbons (Fsp3) is 0.333. The SMILES string of the molecule is OB(O)C1(O)C=CC=CC1O. The average molecular weight is 156 g/mol. The highest BCUT2D eigenvalue weighted by molar-refractivity contribution is 6.46. The number of aliphatic hydroxyl groups is 2. The quantitative estimate of drug-likeness (QED) is 0.338. The van der Waals surface area contributed by atoms with Crippen LogP contribution in [0.15, 0.2) is 24.3 Å². The lowest BCUT2D eigenvalue weighted by Crippen LogP contribution is -2.54. The molecule has 0 saturated carbocycles. The first-order chi connectivity index (χ1) is 5.07. The van der Waals surface area contributed by atoms with Gasteiger partial charge in [-0.1, -0.05) is 24.3 Å². The molecule has 1 aliphatic carbocycles. The zero-order valence-corrected chi connectivity index (χ0v) is 5.75. The van der Waals surface area contributed by atoms with Crippen molar-refractivity contribution in [3.05, 3.63) is 24.3 Å². The van der Waals surface area contributed by atoms with E-state index in [1.165, 1.54) is 18.2 Å². The maximum absolute atomic E-state index is 9.33. The molecular formula is C6H9BO4. The summed E-state index contributed by atoms with van der Waals surface area (Å²) in [5, 5.41) is 35.8. The van der Waals surface area contributed by atoms with Crippen LogP contribution in [0.2, 0.25) is 0 Å². The fourth-order valence-electron chi connectivity index (χ4n) is 0.871. The van der Waals surface area contributed by atoms with Gasteiger partial charge in [-0.15, -0.1) is 0 Å². The van der Waals surface area contributed by atoms with Crippen molar-refractivity contribution in [3.8, 4) is 0 Å². The number of rotatable bonds is 1. The van der Waals surface area contributed by atoms with Gasteiger partial charge in [-0.3, -0.25) is 0 Å². The Morgan fingerprint density at radius 1 is 1.27 bits per heavy atom. The number of hydrogen-bond acceptors (Lipinski definition) is 4. The van der Waals surface area contributed by atoms with Gasteiger partial charge in [0, 0.05) is 0 Å². The second kappa shape index (κ2) is 2.79. The van der Waals surface area contributed by atoms with Gasteiger partial charge in [-0.25, -0.2) is 0 Å². The molecule has 11 heavy (non-hydrogen) atoms. The van der Waals surface area contributed by atoms with Crippen LogP contribution in [-0.2, 0) is 0 Å². The standard InChI is InChI=1S/C6H9BO4/c8-5-3-1-2-4-6(5,9)7(10)11/h1-5,8-11H. The minimum atomic E-state index is -1.97. The first kappa shape index (κ1) is 8.48. The van der Waals surface area contributed by atoms with Crippen LogP contribution in [0.5, 0.6) is 0 Å². The van der Waals surface area contributed by atoms with Crippen LogP contribution in [0, 0.1) is 0 Å². The lowest BCUT2D eigenvalue weighted by atomic mass is 9.63. The van der Waals surface area contributed by atoms with E-state index in [1.54, 1.807) is 0 Å². The molecule has 2 unspecified atom stereocenters. The molecule has 0 aromatic carbocycles. The van der Waals surface area contributed by atoms with Crippen LogP contribution in [0.25, 0.3) is 0 Å². The van der Waals surface area contributed by atoms with Gasteiger partial charge in [0.2, 0.25) is 0 Å². The monoisotopic (exact) mass is 156 g/mol. The molecule has 1 rings (SSSR count). The molecule has 0 saturated heterocycles. The second-order valence-corrected chi connectivity index (χ2v) is 2.45. The Kier molecular flexibility index (Phi) is 2.15. The predicted octanol–water partition coefficient (Wildman–Crippen LogP) is -1.78. The van der Waals surface area contributed by atoms with Gasteiger partial charge in [0.05, 0.1) is 0 Å². The molecular weight excluding hydrogens is 147 g/mol. The molecule has 0 spiro atoms. The molecule has 0 radical (unpaired) electrons. The van der Waals surface area contributed by atoms with Crippen LogP contribution >= 0.6 is 0 Å². The normalized spacial score (nSPS) is 35.8. The molecule has 0 aliphatic heterocycles. The van der Waals surface area contributed by atoms with Crippen molar-refractivity contribution in [1.29, 1.82) is 0 Å². The maximum atomic E-state index is 9.33. The van der Waals surface area contributed by atoms with Gasteiger partial charge in [-0.2, -0.15) is 0 Å². The molecule has 2 atom stereocenters. The van der Waals surface area contributed by atoms with Crippen molar-refractivity contribution < 1.29 is 20.3 Å². The van der Waals surface area contributed by atoms with E-state index >= 15 is 0 Å². The van der Waals surface area contributed by atoms with Gasteiger partial charge in [-0.05, 0) is 0 Å². The highest BCUT2D eigenvalue weighted by Crippen LogP contribution is 2.18. The lowest BCUT2D eigenvalue weighted by Gasteiger charge is -2.28. The molecule has 4 nitrogen and oxygen atoms in total. The summed E-state index contributed by atoms with van der Waals surface area (Å²) in [5.74, 6) is 0. The topological polar surface area (TPSA) is 80.9 Å². The minimum Gasteiger partial charge on any atom is -0.425 e. The van der Waals surface area contributed by atoms with E-state index in [0.29, 0.717) is 0 Å². The highest BCUT2D eigenvalue weighted by Gasteiger charge is 2.44. The van der Waals surface area contributed by atoms with Gasteiger partial charge in [0.1, 0.15) is 11.6 Å². The van der Waals surface area contributed by atoms with E-state index in [9.17, 15) is 5.11 Å². The van der Waals surface area contributed by atoms with E-state index in [0.717, 1.165) is 6.08 Å². The van der Waals surface area contributed by atoms with Crippen molar-refractivity contribution in [2.24, 2.45) is 0 Å². The maximum Gasteiger partial charge on any atom is 0.493 e. The van der Waals surface area contributed by atoms with Crippen LogP contribution in [0.1, 0.15) is 0 Å². The smallest absolute Gasteiger partial charge is 0.425 e. The van der Waals surface area contributed by atoms with Crippen LogP contribution < -0.4 is 0 Å². The molecule has 0 aromatic rings. The molecule has 4 N–H and O–H groups in total. The third-order valence-corrected chi connectivity index (χ3v) is 1.66. The third kappa shape index (κ3) is 1.36. The summed E-state index contributed by atoms with van der Waals surface area (Å²) in [6.07, 6.45) is 4.10. The lowest BCUT2D eigenvalue weighted by molar-refractivity contribution is 0.0198. The van der Waals surface area contributed by atoms with E-state index < -0.39 is 18.7 Å². The summed E-state index contributed by atoms with van der Waals surface area (Å²) in [7, 11) is -1.97. The van der Waals surface area contributed by atoms with Crippen molar-refractivity contribution in [3.63, 3.8) is 0 Å². The van der Waals surface area contributed by atoms with Crippen molar-refractivity contribution in [1.82, 2.24) is 0 Å². The molecule has 0 aromatic heterocycles. The molecule has 60 valence electrons. The van der Waals surface area contributed by atoms with Gasteiger partial charge in [0.15, 0.2) is 0 Å². The fourth-order valence-corrected chi connectivity index (χ4v) is 0.871. The van der Waals surface area contributed by atoms with E-state index in [-0.39, 0.29) is 0 Å². The van der Waals surface area contributed by atoms with Gasteiger partial charge >= 0.3 is 7.12 Å². The summed E-state index contributed by atoms with van der Waals surface area (Å²) < 4.78 is 0. The molecule has 0 heterocycles. The summed E-state index contributed by atoms with van der Waals surface area (Å²) in [6.45, 7) is 0. The molecule has 5 heteroatoms. The number of allylic oxidation sites excluding steroid dienone is 2. The summed E-state index contributed by atoms with van der Waals surface area (Å²) in [4.78, 5) is 0. The zero-order valence-electron chi connectivity index (χ0n) is 5.75. The van der Waals surface area contributed by atoms with E-state index in [2.05, 4.69) is 0 Å². The van der Waals surface area contributed by atoms with Crippen molar-refractivity contribution in [2.75, 3.05) is 0 Å². The Morgan fingerprint density at radius 2 is 1.91 bits per heavy atom. The largest absolute Gasteiger partial charge is 0.493 e. The number of aliphatic hydroxyl groups excluding tert-OH is 1. The summed E-state index contributed by atoms with van der Waals surface area (Å²) in [5.41, 5.74) is -1.96. The van der Waals surface area contributed by atoms with Crippen molar-refractivity contribution in [2.45, 2.75) is 11.6 Å². The Balaban J connectivity index is 2.85. The number of hydrogen-bond donors (Lipinski definition) is 4. The molecule has 0 bridgehead atoms. The summed E-state index contributed by atoms with van der Waals surface area (Å²) in [6, 6.07) is 0. The first-order valence-corrected chi connectivity index (χ1v) is 3.20. The van der Waals surface area contributed by atoms with E-state index in [1.807, 2.05) is 0 Å². The second-order valence-electron chi connectivity index (χ2n) is 2.45. The van der Waals surface area contributed by atoms with Crippen LogP contribution in [-0.4, -0.2) is 39.0 Å². The molecule has 1 aliphatic rings. The first-order valence-electron chi connectivity index (χ1n) is 3.20. The minimum absolute atomic E-state index is 1.14. The average Bonchev–Trinajstić information content (AvgIpc) is 1.95. The highest BCUT2D eigenvalue weighted by atomic mass is 16.4.